The molecule has 1 aromatic carbocycles. The number of carbonyl (C=O) groups is 2. The molecule has 1 aromatic heterocycles. The second-order valence-corrected chi connectivity index (χ2v) is 9.33. The number of carbonyl (C=O) groups excluding carboxylic acids is 2. The summed E-state index contributed by atoms with van der Waals surface area (Å²) in [5, 5.41) is 15.2. The molecular formula is C23H31N5O4S. The topological polar surface area (TPSA) is 106 Å². The monoisotopic (exact) mass is 473 g/mol. The average Bonchev–Trinajstić information content (AvgIpc) is 3.49. The molecule has 2 aromatic rings. The molecule has 0 unspecified atom stereocenters. The molecule has 4 rings (SSSR count). The molecule has 0 radical (unpaired) electrons. The smallest absolute Gasteiger partial charge is 0.317 e. The Morgan fingerprint density at radius 2 is 1.97 bits per heavy atom. The normalized spacial score (nSPS) is 15.3. The third-order valence-corrected chi connectivity index (χ3v) is 6.84. The number of hydrogen-bond acceptors (Lipinski definition) is 7. The number of unbranched alkanes of at least 4 members (excludes halogenated alkanes) is 1. The van der Waals surface area contributed by atoms with Crippen molar-refractivity contribution in [3.8, 4) is 22.1 Å². The van der Waals surface area contributed by atoms with Crippen LogP contribution < -0.4 is 20.1 Å². The number of rotatable bonds is 9. The van der Waals surface area contributed by atoms with Gasteiger partial charge in [0.05, 0.1) is 0 Å². The van der Waals surface area contributed by atoms with Gasteiger partial charge in [-0.05, 0) is 37.5 Å². The zero-order valence-corrected chi connectivity index (χ0v) is 19.8. The summed E-state index contributed by atoms with van der Waals surface area (Å²) >= 11 is 1.30. The van der Waals surface area contributed by atoms with Crippen LogP contribution >= 0.6 is 11.3 Å². The maximum absolute atomic E-state index is 12.8. The van der Waals surface area contributed by atoms with E-state index in [0.29, 0.717) is 34.7 Å². The third kappa shape index (κ3) is 6.13. The number of hydrogen-bond donors (Lipinski definition) is 2. The molecule has 178 valence electrons. The zero-order chi connectivity index (χ0) is 23.0. The molecule has 1 aliphatic heterocycles. The number of ether oxygens (including phenoxy) is 2. The average molecular weight is 474 g/mol. The third-order valence-electron chi connectivity index (χ3n) is 5.95. The second-order valence-electron chi connectivity index (χ2n) is 8.35. The highest BCUT2D eigenvalue weighted by molar-refractivity contribution is 7.18. The van der Waals surface area contributed by atoms with E-state index in [-0.39, 0.29) is 31.2 Å². The summed E-state index contributed by atoms with van der Waals surface area (Å²) in [6.45, 7) is 3.37. The van der Waals surface area contributed by atoms with Gasteiger partial charge in [-0.15, -0.1) is 10.2 Å². The van der Waals surface area contributed by atoms with Gasteiger partial charge in [0.1, 0.15) is 5.01 Å². The van der Waals surface area contributed by atoms with Crippen LogP contribution in [-0.4, -0.2) is 53.0 Å². The second kappa shape index (κ2) is 11.3. The molecule has 0 atom stereocenters. The van der Waals surface area contributed by atoms with E-state index in [1.165, 1.54) is 17.8 Å². The van der Waals surface area contributed by atoms with Crippen LogP contribution in [0.5, 0.6) is 11.5 Å². The Balaban J connectivity index is 1.32. The molecule has 0 saturated heterocycles. The van der Waals surface area contributed by atoms with E-state index in [4.69, 9.17) is 9.47 Å². The number of amides is 3. The van der Waals surface area contributed by atoms with Crippen LogP contribution in [0.25, 0.3) is 10.6 Å². The number of benzene rings is 1. The number of nitrogens with zero attached hydrogens (tertiary/aromatic N) is 3. The molecule has 9 nitrogen and oxygen atoms in total. The Labute approximate surface area is 197 Å². The fraction of sp³-hybridized carbons (Fsp3) is 0.565. The Morgan fingerprint density at radius 1 is 1.15 bits per heavy atom. The molecule has 2 heterocycles. The summed E-state index contributed by atoms with van der Waals surface area (Å²) in [6.07, 6.45) is 7.67. The molecule has 2 aliphatic rings. The molecule has 0 bridgehead atoms. The van der Waals surface area contributed by atoms with Crippen molar-refractivity contribution in [3.05, 3.63) is 18.2 Å². The van der Waals surface area contributed by atoms with Gasteiger partial charge < -0.3 is 25.0 Å². The van der Waals surface area contributed by atoms with Crippen molar-refractivity contribution >= 4 is 28.4 Å². The lowest BCUT2D eigenvalue weighted by molar-refractivity contribution is -0.116. The van der Waals surface area contributed by atoms with Crippen molar-refractivity contribution < 1.29 is 19.1 Å². The van der Waals surface area contributed by atoms with Crippen LogP contribution in [0, 0.1) is 0 Å². The summed E-state index contributed by atoms with van der Waals surface area (Å²) in [6, 6.07) is 5.71. The van der Waals surface area contributed by atoms with Crippen LogP contribution in [0.1, 0.15) is 58.3 Å². The van der Waals surface area contributed by atoms with Crippen molar-refractivity contribution in [3.63, 3.8) is 0 Å². The van der Waals surface area contributed by atoms with Gasteiger partial charge in [0, 0.05) is 31.1 Å². The molecule has 1 aliphatic carbocycles. The Morgan fingerprint density at radius 3 is 2.79 bits per heavy atom. The molecule has 10 heteroatoms. The minimum Gasteiger partial charge on any atom is -0.454 e. The molecule has 1 saturated carbocycles. The van der Waals surface area contributed by atoms with Crippen molar-refractivity contribution in [2.24, 2.45) is 0 Å². The lowest BCUT2D eigenvalue weighted by Gasteiger charge is -2.34. The largest absolute Gasteiger partial charge is 0.454 e. The summed E-state index contributed by atoms with van der Waals surface area (Å²) in [5.74, 6) is 1.21. The molecule has 33 heavy (non-hydrogen) atoms. The number of aromatic nitrogens is 2. The van der Waals surface area contributed by atoms with Crippen molar-refractivity contribution in [1.29, 1.82) is 0 Å². The summed E-state index contributed by atoms with van der Waals surface area (Å²) in [4.78, 5) is 27.2. The van der Waals surface area contributed by atoms with E-state index in [9.17, 15) is 9.59 Å². The lowest BCUT2D eigenvalue weighted by Crippen LogP contribution is -2.48. The van der Waals surface area contributed by atoms with Gasteiger partial charge in [-0.1, -0.05) is 43.9 Å². The molecule has 0 spiro atoms. The van der Waals surface area contributed by atoms with E-state index >= 15 is 0 Å². The van der Waals surface area contributed by atoms with Gasteiger partial charge in [0.25, 0.3) is 0 Å². The van der Waals surface area contributed by atoms with Crippen LogP contribution in [0.2, 0.25) is 0 Å². The molecule has 3 amide bonds. The Hall–Kier alpha value is -2.88. The first-order chi connectivity index (χ1) is 16.1. The van der Waals surface area contributed by atoms with Gasteiger partial charge >= 0.3 is 6.03 Å². The summed E-state index contributed by atoms with van der Waals surface area (Å²) in [7, 11) is 0. The van der Waals surface area contributed by atoms with Gasteiger partial charge in [0.15, 0.2) is 11.5 Å². The van der Waals surface area contributed by atoms with Crippen molar-refractivity contribution in [2.75, 3.05) is 25.2 Å². The number of nitrogens with one attached hydrogen (secondary N) is 2. The quantitative estimate of drug-likeness (QED) is 0.523. The molecular weight excluding hydrogens is 442 g/mol. The minimum absolute atomic E-state index is 0.0656. The van der Waals surface area contributed by atoms with E-state index in [1.807, 2.05) is 23.1 Å². The predicted octanol–water partition coefficient (Wildman–Crippen LogP) is 4.41. The van der Waals surface area contributed by atoms with Crippen LogP contribution in [0.4, 0.5) is 9.93 Å². The standard InChI is InChI=1S/C23H31N5O4S/c1-2-3-12-24-23(30)28(17-7-5-4-6-8-17)13-11-20(29)25-22-27-26-21(33-22)16-9-10-18-19(14-16)32-15-31-18/h9-10,14,17H,2-8,11-13,15H2,1H3,(H,24,30)(H,25,27,29). The lowest BCUT2D eigenvalue weighted by atomic mass is 9.94. The fourth-order valence-electron chi connectivity index (χ4n) is 4.14. The van der Waals surface area contributed by atoms with Crippen molar-refractivity contribution in [2.45, 2.75) is 64.3 Å². The first kappa shape index (κ1) is 23.3. The predicted molar refractivity (Wildman–Crippen MR) is 127 cm³/mol. The van der Waals surface area contributed by atoms with E-state index in [0.717, 1.165) is 44.1 Å². The van der Waals surface area contributed by atoms with Gasteiger partial charge in [0.2, 0.25) is 17.8 Å². The van der Waals surface area contributed by atoms with E-state index < -0.39 is 0 Å². The summed E-state index contributed by atoms with van der Waals surface area (Å²) in [5.41, 5.74) is 0.851. The minimum atomic E-state index is -0.175. The first-order valence-corrected chi connectivity index (χ1v) is 12.5. The maximum Gasteiger partial charge on any atom is 0.317 e. The highest BCUT2D eigenvalue weighted by Gasteiger charge is 2.26. The fourth-order valence-corrected chi connectivity index (χ4v) is 4.90. The zero-order valence-electron chi connectivity index (χ0n) is 19.0. The van der Waals surface area contributed by atoms with Crippen LogP contribution in [0.15, 0.2) is 18.2 Å². The van der Waals surface area contributed by atoms with Crippen LogP contribution in [0.3, 0.4) is 0 Å². The Kier molecular flexibility index (Phi) is 7.98. The number of urea groups is 1. The number of anilines is 1. The molecule has 1 fully saturated rings. The maximum atomic E-state index is 12.8. The van der Waals surface area contributed by atoms with E-state index in [1.54, 1.807) is 0 Å². The first-order valence-electron chi connectivity index (χ1n) is 11.7. The van der Waals surface area contributed by atoms with Crippen molar-refractivity contribution in [1.82, 2.24) is 20.4 Å². The highest BCUT2D eigenvalue weighted by atomic mass is 32.1. The van der Waals surface area contributed by atoms with E-state index in [2.05, 4.69) is 27.8 Å². The highest BCUT2D eigenvalue weighted by Crippen LogP contribution is 2.37. The molecule has 2 N–H and O–H groups in total. The van der Waals surface area contributed by atoms with Gasteiger partial charge in [-0.25, -0.2) is 4.79 Å². The van der Waals surface area contributed by atoms with Gasteiger partial charge in [-0.3, -0.25) is 4.79 Å². The summed E-state index contributed by atoms with van der Waals surface area (Å²) < 4.78 is 10.8. The van der Waals surface area contributed by atoms with Crippen LogP contribution in [-0.2, 0) is 4.79 Å². The van der Waals surface area contributed by atoms with Gasteiger partial charge in [-0.2, -0.15) is 0 Å². The Bertz CT molecular complexity index is 960. The number of fused-ring (bicyclic) bond motifs is 1. The SMILES string of the molecule is CCCCNC(=O)N(CCC(=O)Nc1nnc(-c2ccc3c(c2)OCO3)s1)C1CCCCC1.